The summed E-state index contributed by atoms with van der Waals surface area (Å²) >= 11 is 0. The lowest BCUT2D eigenvalue weighted by Gasteiger charge is -2.19. The number of hydrogen-bond acceptors (Lipinski definition) is 3. The molecule has 0 aromatic carbocycles. The normalized spacial score (nSPS) is 17.3. The molecule has 100 valence electrons. The van der Waals surface area contributed by atoms with Gasteiger partial charge in [0.1, 0.15) is 5.78 Å². The number of carbonyl (C=O) groups is 1. The summed E-state index contributed by atoms with van der Waals surface area (Å²) in [5.41, 5.74) is 6.04. The van der Waals surface area contributed by atoms with Gasteiger partial charge in [0.2, 0.25) is 0 Å². The van der Waals surface area contributed by atoms with Crippen LogP contribution in [-0.4, -0.2) is 22.1 Å². The van der Waals surface area contributed by atoms with Gasteiger partial charge in [-0.3, -0.25) is 9.48 Å². The highest BCUT2D eigenvalue weighted by Crippen LogP contribution is 2.28. The van der Waals surface area contributed by atoms with Crippen molar-refractivity contribution in [1.82, 2.24) is 9.78 Å². The van der Waals surface area contributed by atoms with E-state index < -0.39 is 5.41 Å². The maximum absolute atomic E-state index is 12.1. The van der Waals surface area contributed by atoms with E-state index in [-0.39, 0.29) is 5.78 Å². The Bertz CT molecular complexity index is 416. The molecule has 0 aliphatic heterocycles. The monoisotopic (exact) mass is 249 g/mol. The van der Waals surface area contributed by atoms with E-state index in [1.807, 2.05) is 30.8 Å². The Kier molecular flexibility index (Phi) is 3.85. The van der Waals surface area contributed by atoms with E-state index in [0.717, 1.165) is 5.69 Å². The number of hydrogen-bond donors (Lipinski definition) is 1. The Morgan fingerprint density at radius 2 is 2.17 bits per heavy atom. The van der Waals surface area contributed by atoms with Crippen LogP contribution < -0.4 is 5.73 Å². The zero-order valence-corrected chi connectivity index (χ0v) is 11.4. The smallest absolute Gasteiger partial charge is 0.145 e. The lowest BCUT2D eigenvalue weighted by atomic mass is 9.86. The van der Waals surface area contributed by atoms with Crippen LogP contribution in [0.2, 0.25) is 0 Å². The Morgan fingerprint density at radius 1 is 1.50 bits per heavy atom. The molecular weight excluding hydrogens is 226 g/mol. The topological polar surface area (TPSA) is 60.9 Å². The molecule has 0 bridgehead atoms. The molecule has 1 aromatic rings. The minimum absolute atomic E-state index is 0.168. The second-order valence-electron chi connectivity index (χ2n) is 5.91. The fourth-order valence-corrected chi connectivity index (χ4v) is 2.36. The molecule has 0 unspecified atom stereocenters. The predicted octanol–water partition coefficient (Wildman–Crippen LogP) is 2.09. The molecule has 1 aromatic heterocycles. The molecule has 1 saturated carbocycles. The standard InChI is InChI=1S/C14H23N3O/c1-14(2,10-15)13(18)9-11-7-8-17(16-11)12-5-3-4-6-12/h7-8,12H,3-6,9-10,15H2,1-2H3. The summed E-state index contributed by atoms with van der Waals surface area (Å²) in [7, 11) is 0. The Labute approximate surface area is 109 Å². The molecule has 0 atom stereocenters. The van der Waals surface area contributed by atoms with Gasteiger partial charge in [-0.1, -0.05) is 26.7 Å². The number of rotatable bonds is 5. The summed E-state index contributed by atoms with van der Waals surface area (Å²) in [4.78, 5) is 12.1. The summed E-state index contributed by atoms with van der Waals surface area (Å²) in [6, 6.07) is 2.50. The Balaban J connectivity index is 2.00. The first-order valence-corrected chi connectivity index (χ1v) is 6.80. The second-order valence-corrected chi connectivity index (χ2v) is 5.91. The largest absolute Gasteiger partial charge is 0.329 e. The van der Waals surface area contributed by atoms with Gasteiger partial charge in [0.05, 0.1) is 18.2 Å². The molecule has 0 amide bonds. The predicted molar refractivity (Wildman–Crippen MR) is 71.3 cm³/mol. The highest BCUT2D eigenvalue weighted by atomic mass is 16.1. The van der Waals surface area contributed by atoms with Crippen molar-refractivity contribution in [1.29, 1.82) is 0 Å². The molecule has 0 spiro atoms. The zero-order chi connectivity index (χ0) is 13.2. The molecule has 1 heterocycles. The van der Waals surface area contributed by atoms with Crippen LogP contribution in [0.4, 0.5) is 0 Å². The number of nitrogens with zero attached hydrogens (tertiary/aromatic N) is 2. The Hall–Kier alpha value is -1.16. The van der Waals surface area contributed by atoms with Crippen LogP contribution in [0, 0.1) is 5.41 Å². The molecule has 2 N–H and O–H groups in total. The first kappa shape index (κ1) is 13.3. The van der Waals surface area contributed by atoms with E-state index >= 15 is 0 Å². The first-order valence-electron chi connectivity index (χ1n) is 6.80. The fraction of sp³-hybridized carbons (Fsp3) is 0.714. The van der Waals surface area contributed by atoms with E-state index in [0.29, 0.717) is 19.0 Å². The van der Waals surface area contributed by atoms with Crippen LogP contribution in [-0.2, 0) is 11.2 Å². The fourth-order valence-electron chi connectivity index (χ4n) is 2.36. The highest BCUT2D eigenvalue weighted by Gasteiger charge is 2.26. The molecular formula is C14H23N3O. The number of nitrogens with two attached hydrogens (primary N) is 1. The van der Waals surface area contributed by atoms with Crippen molar-refractivity contribution in [2.75, 3.05) is 6.54 Å². The average molecular weight is 249 g/mol. The number of Topliss-reactive ketones (excluding diaryl/α,β-unsaturated/α-hetero) is 1. The third-order valence-corrected chi connectivity index (χ3v) is 3.97. The lowest BCUT2D eigenvalue weighted by molar-refractivity contribution is -0.126. The van der Waals surface area contributed by atoms with Crippen LogP contribution in [0.15, 0.2) is 12.3 Å². The molecule has 1 aliphatic rings. The molecule has 0 saturated heterocycles. The van der Waals surface area contributed by atoms with Gasteiger partial charge in [-0.05, 0) is 18.9 Å². The molecule has 1 fully saturated rings. The quantitative estimate of drug-likeness (QED) is 0.869. The third-order valence-electron chi connectivity index (χ3n) is 3.97. The van der Waals surface area contributed by atoms with Crippen LogP contribution in [0.1, 0.15) is 51.3 Å². The Morgan fingerprint density at radius 3 is 2.78 bits per heavy atom. The number of aromatic nitrogens is 2. The van der Waals surface area contributed by atoms with Crippen molar-refractivity contribution < 1.29 is 4.79 Å². The number of carbonyl (C=O) groups excluding carboxylic acids is 1. The molecule has 18 heavy (non-hydrogen) atoms. The molecule has 4 nitrogen and oxygen atoms in total. The van der Waals surface area contributed by atoms with E-state index in [1.165, 1.54) is 25.7 Å². The minimum atomic E-state index is -0.447. The molecule has 2 rings (SSSR count). The van der Waals surface area contributed by atoms with Crippen LogP contribution in [0.25, 0.3) is 0 Å². The molecule has 1 aliphatic carbocycles. The first-order chi connectivity index (χ1) is 8.53. The average Bonchev–Trinajstić information content (AvgIpc) is 2.98. The highest BCUT2D eigenvalue weighted by molar-refractivity contribution is 5.85. The van der Waals surface area contributed by atoms with Crippen molar-refractivity contribution >= 4 is 5.78 Å². The SMILES string of the molecule is CC(C)(CN)C(=O)Cc1ccn(C2CCCC2)n1. The van der Waals surface area contributed by atoms with Crippen molar-refractivity contribution in [2.24, 2.45) is 11.1 Å². The lowest BCUT2D eigenvalue weighted by Crippen LogP contribution is -2.34. The van der Waals surface area contributed by atoms with Crippen molar-refractivity contribution in [3.63, 3.8) is 0 Å². The summed E-state index contributed by atoms with van der Waals surface area (Å²) in [6.45, 7) is 4.17. The van der Waals surface area contributed by atoms with Crippen LogP contribution in [0.5, 0.6) is 0 Å². The van der Waals surface area contributed by atoms with Gasteiger partial charge >= 0.3 is 0 Å². The van der Waals surface area contributed by atoms with Gasteiger partial charge in [-0.15, -0.1) is 0 Å². The van der Waals surface area contributed by atoms with Gasteiger partial charge in [0, 0.05) is 18.2 Å². The van der Waals surface area contributed by atoms with Gasteiger partial charge in [0.15, 0.2) is 0 Å². The summed E-state index contributed by atoms with van der Waals surface area (Å²) in [5.74, 6) is 0.168. The minimum Gasteiger partial charge on any atom is -0.329 e. The van der Waals surface area contributed by atoms with Crippen LogP contribution in [0.3, 0.4) is 0 Å². The van der Waals surface area contributed by atoms with Gasteiger partial charge in [-0.2, -0.15) is 5.10 Å². The third kappa shape index (κ3) is 2.80. The summed E-state index contributed by atoms with van der Waals surface area (Å²) in [6.07, 6.45) is 7.41. The maximum atomic E-state index is 12.1. The van der Waals surface area contributed by atoms with E-state index in [9.17, 15) is 4.79 Å². The number of ketones is 1. The summed E-state index contributed by atoms with van der Waals surface area (Å²) in [5, 5.41) is 4.54. The zero-order valence-electron chi connectivity index (χ0n) is 11.4. The van der Waals surface area contributed by atoms with E-state index in [1.54, 1.807) is 0 Å². The van der Waals surface area contributed by atoms with Gasteiger partial charge < -0.3 is 5.73 Å². The van der Waals surface area contributed by atoms with E-state index in [4.69, 9.17) is 5.73 Å². The van der Waals surface area contributed by atoms with E-state index in [2.05, 4.69) is 5.10 Å². The van der Waals surface area contributed by atoms with Gasteiger partial charge in [0.25, 0.3) is 0 Å². The van der Waals surface area contributed by atoms with Crippen molar-refractivity contribution in [3.05, 3.63) is 18.0 Å². The van der Waals surface area contributed by atoms with Crippen molar-refractivity contribution in [3.8, 4) is 0 Å². The van der Waals surface area contributed by atoms with Gasteiger partial charge in [-0.25, -0.2) is 0 Å². The maximum Gasteiger partial charge on any atom is 0.145 e. The molecule has 4 heteroatoms. The second kappa shape index (κ2) is 5.22. The van der Waals surface area contributed by atoms with Crippen molar-refractivity contribution in [2.45, 2.75) is 52.0 Å². The van der Waals surface area contributed by atoms with Crippen LogP contribution >= 0.6 is 0 Å². The summed E-state index contributed by atoms with van der Waals surface area (Å²) < 4.78 is 2.03. The molecule has 0 radical (unpaired) electrons.